The monoisotopic (exact) mass is 423 g/mol. The van der Waals surface area contributed by atoms with E-state index in [4.69, 9.17) is 10.5 Å². The Morgan fingerprint density at radius 3 is 2.23 bits per heavy atom. The van der Waals surface area contributed by atoms with E-state index in [9.17, 15) is 14.4 Å². The zero-order valence-electron chi connectivity index (χ0n) is 18.3. The third-order valence-corrected chi connectivity index (χ3v) is 5.56. The van der Waals surface area contributed by atoms with E-state index in [-0.39, 0.29) is 17.7 Å². The number of likely N-dealkylation sites (tertiary alicyclic amines) is 1. The molecule has 1 unspecified atom stereocenters. The molecule has 2 aromatic rings. The number of rotatable bonds is 6. The topological polar surface area (TPSA) is 102 Å². The van der Waals surface area contributed by atoms with Gasteiger partial charge in [0.15, 0.2) is 0 Å². The summed E-state index contributed by atoms with van der Waals surface area (Å²) in [5.41, 5.74) is 7.85. The standard InChI is InChI=1S/C24H29N3O4/c1-24(2,3)16-7-9-17(10-8-16)26-23(30)21(15-5-11-18(31-4)12-6-15)27-19(22(25)29)13-14-20(27)28/h5-12,19,21H,13-14H2,1-4H3,(H2,25,29)(H,26,30)/t19-,21?/m0/s1. The molecule has 0 aromatic heterocycles. The van der Waals surface area contributed by atoms with Crippen molar-refractivity contribution in [1.29, 1.82) is 0 Å². The molecule has 2 atom stereocenters. The van der Waals surface area contributed by atoms with Crippen LogP contribution in [0.3, 0.4) is 0 Å². The van der Waals surface area contributed by atoms with Gasteiger partial charge in [0.25, 0.3) is 5.91 Å². The predicted octanol–water partition coefficient (Wildman–Crippen LogP) is 3.15. The van der Waals surface area contributed by atoms with Crippen LogP contribution in [0, 0.1) is 0 Å². The van der Waals surface area contributed by atoms with E-state index >= 15 is 0 Å². The molecule has 1 heterocycles. The van der Waals surface area contributed by atoms with Crippen LogP contribution in [-0.4, -0.2) is 35.8 Å². The zero-order chi connectivity index (χ0) is 22.8. The Morgan fingerprint density at radius 1 is 1.10 bits per heavy atom. The molecule has 31 heavy (non-hydrogen) atoms. The number of anilines is 1. The van der Waals surface area contributed by atoms with Crippen LogP contribution in [0.5, 0.6) is 5.75 Å². The fourth-order valence-corrected chi connectivity index (χ4v) is 3.79. The SMILES string of the molecule is COc1ccc(C(C(=O)Nc2ccc(C(C)(C)C)cc2)N2C(=O)CC[C@H]2C(N)=O)cc1. The van der Waals surface area contributed by atoms with E-state index in [2.05, 4.69) is 26.1 Å². The molecule has 0 spiro atoms. The fourth-order valence-electron chi connectivity index (χ4n) is 3.79. The summed E-state index contributed by atoms with van der Waals surface area (Å²) in [6.45, 7) is 6.34. The maximum absolute atomic E-state index is 13.4. The summed E-state index contributed by atoms with van der Waals surface area (Å²) in [5.74, 6) is -0.676. The highest BCUT2D eigenvalue weighted by molar-refractivity contribution is 6.00. The Labute approximate surface area is 182 Å². The van der Waals surface area contributed by atoms with E-state index < -0.39 is 23.9 Å². The normalized spacial score (nSPS) is 17.4. The van der Waals surface area contributed by atoms with Crippen LogP contribution in [0.4, 0.5) is 5.69 Å². The number of primary amides is 1. The summed E-state index contributed by atoms with van der Waals surface area (Å²) in [4.78, 5) is 39.3. The van der Waals surface area contributed by atoms with Crippen molar-refractivity contribution in [3.63, 3.8) is 0 Å². The minimum Gasteiger partial charge on any atom is -0.497 e. The molecule has 0 bridgehead atoms. The maximum Gasteiger partial charge on any atom is 0.251 e. The van der Waals surface area contributed by atoms with Crippen LogP contribution in [0.2, 0.25) is 0 Å². The highest BCUT2D eigenvalue weighted by Crippen LogP contribution is 2.33. The summed E-state index contributed by atoms with van der Waals surface area (Å²) in [7, 11) is 1.55. The molecule has 1 aliphatic rings. The van der Waals surface area contributed by atoms with Crippen LogP contribution < -0.4 is 15.8 Å². The van der Waals surface area contributed by atoms with Gasteiger partial charge in [0.1, 0.15) is 17.8 Å². The Balaban J connectivity index is 1.94. The van der Waals surface area contributed by atoms with E-state index in [1.165, 1.54) is 4.90 Å². The number of carbonyl (C=O) groups is 3. The maximum atomic E-state index is 13.4. The summed E-state index contributed by atoms with van der Waals surface area (Å²) < 4.78 is 5.19. The molecule has 164 valence electrons. The number of hydrogen-bond donors (Lipinski definition) is 2. The second-order valence-corrected chi connectivity index (χ2v) is 8.75. The van der Waals surface area contributed by atoms with Crippen LogP contribution in [0.15, 0.2) is 48.5 Å². The van der Waals surface area contributed by atoms with Crippen molar-refractivity contribution >= 4 is 23.4 Å². The first-order valence-electron chi connectivity index (χ1n) is 10.3. The van der Waals surface area contributed by atoms with Gasteiger partial charge in [0.2, 0.25) is 11.8 Å². The van der Waals surface area contributed by atoms with Gasteiger partial charge in [-0.15, -0.1) is 0 Å². The van der Waals surface area contributed by atoms with Crippen molar-refractivity contribution in [3.8, 4) is 5.75 Å². The van der Waals surface area contributed by atoms with E-state index in [0.29, 0.717) is 23.4 Å². The average Bonchev–Trinajstić information content (AvgIpc) is 3.10. The molecular formula is C24H29N3O4. The molecule has 0 saturated carbocycles. The number of hydrogen-bond acceptors (Lipinski definition) is 4. The number of amides is 3. The third-order valence-electron chi connectivity index (χ3n) is 5.56. The number of carbonyl (C=O) groups excluding carboxylic acids is 3. The lowest BCUT2D eigenvalue weighted by Crippen LogP contribution is -2.47. The lowest BCUT2D eigenvalue weighted by atomic mass is 9.87. The number of methoxy groups -OCH3 is 1. The molecule has 1 fully saturated rings. The summed E-state index contributed by atoms with van der Waals surface area (Å²) in [6.07, 6.45) is 0.474. The quantitative estimate of drug-likeness (QED) is 0.745. The number of ether oxygens (including phenoxy) is 1. The minimum absolute atomic E-state index is 0.00908. The van der Waals surface area contributed by atoms with Gasteiger partial charge in [-0.1, -0.05) is 45.0 Å². The Hall–Kier alpha value is -3.35. The smallest absolute Gasteiger partial charge is 0.251 e. The molecule has 3 rings (SSSR count). The largest absolute Gasteiger partial charge is 0.497 e. The van der Waals surface area contributed by atoms with Crippen LogP contribution in [0.1, 0.15) is 50.8 Å². The van der Waals surface area contributed by atoms with Gasteiger partial charge in [-0.3, -0.25) is 14.4 Å². The van der Waals surface area contributed by atoms with Crippen molar-refractivity contribution in [2.75, 3.05) is 12.4 Å². The van der Waals surface area contributed by atoms with Crippen molar-refractivity contribution < 1.29 is 19.1 Å². The Kier molecular flexibility index (Phi) is 6.34. The van der Waals surface area contributed by atoms with Crippen molar-refractivity contribution in [1.82, 2.24) is 4.90 Å². The molecule has 0 radical (unpaired) electrons. The summed E-state index contributed by atoms with van der Waals surface area (Å²) >= 11 is 0. The van der Waals surface area contributed by atoms with Crippen molar-refractivity contribution in [2.45, 2.75) is 51.1 Å². The fraction of sp³-hybridized carbons (Fsp3) is 0.375. The van der Waals surface area contributed by atoms with Crippen LogP contribution in [-0.2, 0) is 19.8 Å². The number of nitrogens with zero attached hydrogens (tertiary/aromatic N) is 1. The van der Waals surface area contributed by atoms with Crippen molar-refractivity contribution in [3.05, 3.63) is 59.7 Å². The lowest BCUT2D eigenvalue weighted by molar-refractivity contribution is -0.140. The first-order valence-corrected chi connectivity index (χ1v) is 10.3. The highest BCUT2D eigenvalue weighted by Gasteiger charge is 2.43. The molecule has 7 heteroatoms. The van der Waals surface area contributed by atoms with Gasteiger partial charge in [-0.25, -0.2) is 0 Å². The molecule has 1 aliphatic heterocycles. The number of nitrogens with one attached hydrogen (secondary N) is 1. The lowest BCUT2D eigenvalue weighted by Gasteiger charge is -2.31. The van der Waals surface area contributed by atoms with E-state index in [1.807, 2.05) is 24.3 Å². The molecule has 0 aliphatic carbocycles. The van der Waals surface area contributed by atoms with E-state index in [1.54, 1.807) is 31.4 Å². The van der Waals surface area contributed by atoms with Gasteiger partial charge in [0, 0.05) is 12.1 Å². The molecule has 7 nitrogen and oxygen atoms in total. The van der Waals surface area contributed by atoms with Gasteiger partial charge < -0.3 is 20.7 Å². The number of nitrogens with two attached hydrogens (primary N) is 1. The minimum atomic E-state index is -0.985. The van der Waals surface area contributed by atoms with Crippen molar-refractivity contribution in [2.24, 2.45) is 5.73 Å². The third kappa shape index (κ3) is 4.87. The predicted molar refractivity (Wildman–Crippen MR) is 119 cm³/mol. The molecule has 3 N–H and O–H groups in total. The van der Waals surface area contributed by atoms with Gasteiger partial charge in [-0.2, -0.15) is 0 Å². The summed E-state index contributed by atoms with van der Waals surface area (Å²) in [6, 6.07) is 12.7. The molecule has 3 amide bonds. The molecular weight excluding hydrogens is 394 g/mol. The second kappa shape index (κ2) is 8.79. The zero-order valence-corrected chi connectivity index (χ0v) is 18.3. The number of benzene rings is 2. The first kappa shape index (κ1) is 22.3. The first-order chi connectivity index (χ1) is 14.6. The van der Waals surface area contributed by atoms with Crippen LogP contribution in [0.25, 0.3) is 0 Å². The Morgan fingerprint density at radius 2 is 1.71 bits per heavy atom. The average molecular weight is 424 g/mol. The van der Waals surface area contributed by atoms with E-state index in [0.717, 1.165) is 5.56 Å². The highest BCUT2D eigenvalue weighted by atomic mass is 16.5. The van der Waals surface area contributed by atoms with Gasteiger partial charge >= 0.3 is 0 Å². The Bertz CT molecular complexity index is 962. The van der Waals surface area contributed by atoms with Gasteiger partial charge in [0.05, 0.1) is 7.11 Å². The molecule has 2 aromatic carbocycles. The molecule has 1 saturated heterocycles. The summed E-state index contributed by atoms with van der Waals surface area (Å²) in [5, 5.41) is 2.89. The van der Waals surface area contributed by atoms with Gasteiger partial charge in [-0.05, 0) is 47.2 Å². The van der Waals surface area contributed by atoms with Crippen LogP contribution >= 0.6 is 0 Å². The second-order valence-electron chi connectivity index (χ2n) is 8.75.